The van der Waals surface area contributed by atoms with Crippen LogP contribution in [0, 0.1) is 0 Å². The van der Waals surface area contributed by atoms with E-state index < -0.39 is 0 Å². The van der Waals surface area contributed by atoms with Gasteiger partial charge in [0.25, 0.3) is 0 Å². The maximum Gasteiger partial charge on any atom is 0.198 e. The highest BCUT2D eigenvalue weighted by Gasteiger charge is 2.29. The van der Waals surface area contributed by atoms with Crippen LogP contribution in [0.1, 0.15) is 18.1 Å². The average Bonchev–Trinajstić information content (AvgIpc) is 2.91. The number of ether oxygens (including phenoxy) is 2. The van der Waals surface area contributed by atoms with Gasteiger partial charge in [0.2, 0.25) is 0 Å². The lowest BCUT2D eigenvalue weighted by Crippen LogP contribution is -2.35. The Hall–Kier alpha value is -1.65. The summed E-state index contributed by atoms with van der Waals surface area (Å²) in [6.45, 7) is 3.94. The minimum Gasteiger partial charge on any atom is -0.359 e. The molecule has 0 radical (unpaired) electrons. The van der Waals surface area contributed by atoms with E-state index in [1.54, 1.807) is 6.92 Å². The summed E-state index contributed by atoms with van der Waals surface area (Å²) in [5, 5.41) is 0. The zero-order chi connectivity index (χ0) is 13.2. The lowest BCUT2D eigenvalue weighted by Gasteiger charge is -2.33. The van der Waals surface area contributed by atoms with Gasteiger partial charge in [0, 0.05) is 6.54 Å². The first kappa shape index (κ1) is 12.4. The summed E-state index contributed by atoms with van der Waals surface area (Å²) in [5.41, 5.74) is 3.35. The normalized spacial score (nSPS) is 19.2. The highest BCUT2D eigenvalue weighted by molar-refractivity contribution is 5.78. The van der Waals surface area contributed by atoms with Crippen LogP contribution in [-0.4, -0.2) is 36.7 Å². The first-order chi connectivity index (χ1) is 9.24. The molecule has 0 spiro atoms. The predicted octanol–water partition coefficient (Wildman–Crippen LogP) is 1.81. The summed E-state index contributed by atoms with van der Waals surface area (Å²) in [5.74, 6) is 0.142. The average molecular weight is 259 g/mol. The fourth-order valence-electron chi connectivity index (χ4n) is 2.53. The van der Waals surface area contributed by atoms with Crippen LogP contribution >= 0.6 is 0 Å². The maximum absolute atomic E-state index is 11.4. The summed E-state index contributed by atoms with van der Waals surface area (Å²) in [6, 6.07) is 8.21. The summed E-state index contributed by atoms with van der Waals surface area (Å²) < 4.78 is 11.2. The monoisotopic (exact) mass is 259 g/mol. The Morgan fingerprint density at radius 3 is 2.79 bits per heavy atom. The largest absolute Gasteiger partial charge is 0.359 e. The molecule has 0 atom stereocenters. The molecule has 2 aliphatic heterocycles. The number of nitrogens with zero attached hydrogens (tertiary/aromatic N) is 1. The Morgan fingerprint density at radius 2 is 2.05 bits per heavy atom. The van der Waals surface area contributed by atoms with Gasteiger partial charge in [0.15, 0.2) is 6.29 Å². The van der Waals surface area contributed by atoms with E-state index in [0.29, 0.717) is 19.8 Å². The van der Waals surface area contributed by atoms with E-state index in [0.717, 1.165) is 12.2 Å². The second kappa shape index (κ2) is 5.15. The second-order valence-electron chi connectivity index (χ2n) is 4.90. The summed E-state index contributed by atoms with van der Waals surface area (Å²) in [7, 11) is 0. The zero-order valence-electron chi connectivity index (χ0n) is 11.0. The zero-order valence-corrected chi connectivity index (χ0v) is 11.0. The van der Waals surface area contributed by atoms with Gasteiger partial charge in [-0.25, -0.2) is 0 Å². The van der Waals surface area contributed by atoms with Crippen LogP contribution < -0.4 is 0 Å². The Balaban J connectivity index is 1.94. The van der Waals surface area contributed by atoms with Crippen molar-refractivity contribution in [2.24, 2.45) is 0 Å². The molecule has 0 saturated carbocycles. The number of carbonyl (C=O) groups excluding carboxylic acids is 1. The van der Waals surface area contributed by atoms with Crippen molar-refractivity contribution in [2.75, 3.05) is 19.8 Å². The van der Waals surface area contributed by atoms with Crippen LogP contribution in [0.15, 0.2) is 30.0 Å². The van der Waals surface area contributed by atoms with Crippen LogP contribution in [0.2, 0.25) is 0 Å². The van der Waals surface area contributed by atoms with Crippen LogP contribution in [0.3, 0.4) is 0 Å². The molecule has 0 bridgehead atoms. The molecule has 4 nitrogen and oxygen atoms in total. The molecule has 1 saturated heterocycles. The molecule has 0 N–H and O–H groups in total. The lowest BCUT2D eigenvalue weighted by atomic mass is 10.0. The maximum atomic E-state index is 11.4. The molecule has 0 amide bonds. The molecule has 2 aliphatic rings. The van der Waals surface area contributed by atoms with Crippen LogP contribution in [-0.2, 0) is 20.8 Å². The number of fused-ring (bicyclic) bond motifs is 1. The first-order valence-electron chi connectivity index (χ1n) is 6.51. The first-order valence-corrected chi connectivity index (χ1v) is 6.51. The fourth-order valence-corrected chi connectivity index (χ4v) is 2.53. The molecule has 1 aromatic carbocycles. The quantitative estimate of drug-likeness (QED) is 0.829. The molecule has 1 fully saturated rings. The van der Waals surface area contributed by atoms with Gasteiger partial charge in [-0.1, -0.05) is 24.3 Å². The van der Waals surface area contributed by atoms with Crippen molar-refractivity contribution in [3.8, 4) is 0 Å². The van der Waals surface area contributed by atoms with Crippen molar-refractivity contribution in [3.05, 3.63) is 41.1 Å². The van der Waals surface area contributed by atoms with Gasteiger partial charge in [-0.15, -0.1) is 0 Å². The van der Waals surface area contributed by atoms with Gasteiger partial charge >= 0.3 is 0 Å². The molecular formula is C15H17NO3. The van der Waals surface area contributed by atoms with Crippen molar-refractivity contribution >= 4 is 11.9 Å². The molecule has 100 valence electrons. The Morgan fingerprint density at radius 1 is 1.32 bits per heavy atom. The Bertz CT molecular complexity index is 518. The Labute approximate surface area is 112 Å². The van der Waals surface area contributed by atoms with Gasteiger partial charge in [-0.3, -0.25) is 4.79 Å². The van der Waals surface area contributed by atoms with Crippen molar-refractivity contribution in [3.63, 3.8) is 0 Å². The van der Waals surface area contributed by atoms with Crippen LogP contribution in [0.4, 0.5) is 0 Å². The third-order valence-electron chi connectivity index (χ3n) is 3.36. The number of carbonyl (C=O) groups is 1. The van der Waals surface area contributed by atoms with E-state index in [9.17, 15) is 4.79 Å². The molecule has 4 heteroatoms. The van der Waals surface area contributed by atoms with Gasteiger partial charge in [0.05, 0.1) is 25.5 Å². The van der Waals surface area contributed by atoms with Crippen molar-refractivity contribution in [2.45, 2.75) is 19.8 Å². The predicted molar refractivity (Wildman–Crippen MR) is 71.2 cm³/mol. The SMILES string of the molecule is CC(=O)CN1Cc2ccccc2C=C1C1OCCO1. The second-order valence-corrected chi connectivity index (χ2v) is 4.90. The van der Waals surface area contributed by atoms with E-state index >= 15 is 0 Å². The van der Waals surface area contributed by atoms with E-state index in [1.165, 1.54) is 11.1 Å². The highest BCUT2D eigenvalue weighted by atomic mass is 16.7. The van der Waals surface area contributed by atoms with E-state index in [2.05, 4.69) is 18.2 Å². The topological polar surface area (TPSA) is 38.8 Å². The molecule has 19 heavy (non-hydrogen) atoms. The molecule has 1 aromatic rings. The van der Waals surface area contributed by atoms with Gasteiger partial charge in [-0.2, -0.15) is 0 Å². The molecule has 0 aromatic heterocycles. The summed E-state index contributed by atoms with van der Waals surface area (Å²) in [6.07, 6.45) is 1.73. The summed E-state index contributed by atoms with van der Waals surface area (Å²) in [4.78, 5) is 13.5. The number of ketones is 1. The fraction of sp³-hybridized carbons (Fsp3) is 0.400. The minimum absolute atomic E-state index is 0.142. The molecule has 3 rings (SSSR count). The van der Waals surface area contributed by atoms with E-state index in [-0.39, 0.29) is 12.1 Å². The van der Waals surface area contributed by atoms with Crippen LogP contribution in [0.5, 0.6) is 0 Å². The Kier molecular flexibility index (Phi) is 3.36. The highest BCUT2D eigenvalue weighted by Crippen LogP contribution is 2.29. The molecule has 2 heterocycles. The van der Waals surface area contributed by atoms with Crippen molar-refractivity contribution in [1.29, 1.82) is 0 Å². The lowest BCUT2D eigenvalue weighted by molar-refractivity contribution is -0.118. The van der Waals surface area contributed by atoms with Crippen LogP contribution in [0.25, 0.3) is 6.08 Å². The number of hydrogen-bond donors (Lipinski definition) is 0. The standard InChI is InChI=1S/C15H17NO3/c1-11(17)9-16-10-13-5-3-2-4-12(13)8-14(16)15-18-6-7-19-15/h2-5,8,15H,6-7,9-10H2,1H3. The molecule has 0 aliphatic carbocycles. The van der Waals surface area contributed by atoms with Crippen molar-refractivity contribution < 1.29 is 14.3 Å². The smallest absolute Gasteiger partial charge is 0.198 e. The third kappa shape index (κ3) is 2.55. The summed E-state index contributed by atoms with van der Waals surface area (Å²) >= 11 is 0. The van der Waals surface area contributed by atoms with E-state index in [1.807, 2.05) is 17.0 Å². The third-order valence-corrected chi connectivity index (χ3v) is 3.36. The van der Waals surface area contributed by atoms with Gasteiger partial charge in [-0.05, 0) is 24.1 Å². The number of benzene rings is 1. The molecular weight excluding hydrogens is 242 g/mol. The number of hydrogen-bond acceptors (Lipinski definition) is 4. The minimum atomic E-state index is -0.340. The van der Waals surface area contributed by atoms with E-state index in [4.69, 9.17) is 9.47 Å². The van der Waals surface area contributed by atoms with Crippen molar-refractivity contribution in [1.82, 2.24) is 4.90 Å². The van der Waals surface area contributed by atoms with Gasteiger partial charge < -0.3 is 14.4 Å². The number of Topliss-reactive ketones (excluding diaryl/α,β-unsaturated/α-hetero) is 1. The number of rotatable bonds is 3. The van der Waals surface area contributed by atoms with Gasteiger partial charge in [0.1, 0.15) is 5.78 Å². The molecule has 0 unspecified atom stereocenters.